The highest BCUT2D eigenvalue weighted by Gasteiger charge is 2.36. The molecule has 2 saturated heterocycles. The molecule has 1 aromatic carbocycles. The van der Waals surface area contributed by atoms with Crippen LogP contribution in [0.5, 0.6) is 0 Å². The smallest absolute Gasteiger partial charge is 0.226 e. The van der Waals surface area contributed by atoms with Gasteiger partial charge in [0.2, 0.25) is 15.9 Å². The van der Waals surface area contributed by atoms with Crippen molar-refractivity contribution in [1.82, 2.24) is 19.2 Å². The molecule has 3 heterocycles. The second kappa shape index (κ2) is 7.24. The van der Waals surface area contributed by atoms with Crippen LogP contribution in [0.2, 0.25) is 0 Å². The summed E-state index contributed by atoms with van der Waals surface area (Å²) < 4.78 is 24.9. The van der Waals surface area contributed by atoms with Crippen LogP contribution in [-0.4, -0.2) is 59.4 Å². The highest BCUT2D eigenvalue weighted by molar-refractivity contribution is 7.88. The SMILES string of the molecule is CS(=O)(=O)N1CCC(C(=O)N2CCCCC2c2nc3ccccc3[nH]2)CC1. The molecule has 146 valence electrons. The molecular formula is C19H26N4O3S. The van der Waals surface area contributed by atoms with E-state index < -0.39 is 10.0 Å². The molecule has 1 aromatic heterocycles. The molecule has 0 bridgehead atoms. The number of carbonyl (C=O) groups is 1. The zero-order valence-corrected chi connectivity index (χ0v) is 16.4. The van der Waals surface area contributed by atoms with Crippen LogP contribution in [0, 0.1) is 5.92 Å². The maximum absolute atomic E-state index is 13.2. The number of carbonyl (C=O) groups excluding carboxylic acids is 1. The lowest BCUT2D eigenvalue weighted by Crippen LogP contribution is -2.46. The van der Waals surface area contributed by atoms with Gasteiger partial charge < -0.3 is 9.88 Å². The van der Waals surface area contributed by atoms with E-state index in [4.69, 9.17) is 4.98 Å². The fourth-order valence-corrected chi connectivity index (χ4v) is 5.15. The van der Waals surface area contributed by atoms with Gasteiger partial charge in [-0.25, -0.2) is 17.7 Å². The van der Waals surface area contributed by atoms with Crippen LogP contribution in [0.1, 0.15) is 44.0 Å². The minimum atomic E-state index is -3.18. The van der Waals surface area contributed by atoms with E-state index in [0.717, 1.165) is 42.7 Å². The molecular weight excluding hydrogens is 364 g/mol. The Morgan fingerprint density at radius 2 is 1.85 bits per heavy atom. The molecule has 0 aliphatic carbocycles. The van der Waals surface area contributed by atoms with Crippen LogP contribution in [-0.2, 0) is 14.8 Å². The number of nitrogens with one attached hydrogen (secondary N) is 1. The number of piperidine rings is 2. The minimum absolute atomic E-state index is 0.0217. The van der Waals surface area contributed by atoms with E-state index in [1.165, 1.54) is 10.6 Å². The van der Waals surface area contributed by atoms with Gasteiger partial charge in [0.15, 0.2) is 0 Å². The van der Waals surface area contributed by atoms with Gasteiger partial charge in [-0.1, -0.05) is 12.1 Å². The Kier molecular flexibility index (Phi) is 4.94. The monoisotopic (exact) mass is 390 g/mol. The quantitative estimate of drug-likeness (QED) is 0.871. The first-order valence-electron chi connectivity index (χ1n) is 9.64. The molecule has 2 aliphatic heterocycles. The number of aromatic nitrogens is 2. The van der Waals surface area contributed by atoms with Crippen molar-refractivity contribution in [3.05, 3.63) is 30.1 Å². The number of fused-ring (bicyclic) bond motifs is 1. The molecule has 1 amide bonds. The third-order valence-corrected chi connectivity index (χ3v) is 7.08. The van der Waals surface area contributed by atoms with Crippen molar-refractivity contribution in [2.24, 2.45) is 5.92 Å². The van der Waals surface area contributed by atoms with Crippen molar-refractivity contribution >= 4 is 27.0 Å². The molecule has 7 nitrogen and oxygen atoms in total. The van der Waals surface area contributed by atoms with Crippen LogP contribution < -0.4 is 0 Å². The van der Waals surface area contributed by atoms with Crippen LogP contribution in [0.25, 0.3) is 11.0 Å². The molecule has 27 heavy (non-hydrogen) atoms. The lowest BCUT2D eigenvalue weighted by atomic mass is 9.93. The van der Waals surface area contributed by atoms with Gasteiger partial charge in [0, 0.05) is 25.6 Å². The average molecular weight is 391 g/mol. The third-order valence-electron chi connectivity index (χ3n) is 5.78. The summed E-state index contributed by atoms with van der Waals surface area (Å²) in [5.74, 6) is 0.902. The van der Waals surface area contributed by atoms with Gasteiger partial charge in [0.25, 0.3) is 0 Å². The van der Waals surface area contributed by atoms with Gasteiger partial charge in [-0.3, -0.25) is 4.79 Å². The van der Waals surface area contributed by atoms with Gasteiger partial charge in [0.1, 0.15) is 5.82 Å². The van der Waals surface area contributed by atoms with E-state index in [1.54, 1.807) is 0 Å². The maximum Gasteiger partial charge on any atom is 0.226 e. The lowest BCUT2D eigenvalue weighted by Gasteiger charge is -2.38. The van der Waals surface area contributed by atoms with E-state index in [0.29, 0.717) is 25.9 Å². The van der Waals surface area contributed by atoms with Crippen LogP contribution in [0.15, 0.2) is 24.3 Å². The number of H-pyrrole nitrogens is 1. The highest BCUT2D eigenvalue weighted by Crippen LogP contribution is 2.33. The number of aromatic amines is 1. The fraction of sp³-hybridized carbons (Fsp3) is 0.579. The van der Waals surface area contributed by atoms with Crippen molar-refractivity contribution in [2.45, 2.75) is 38.1 Å². The molecule has 1 atom stereocenters. The van der Waals surface area contributed by atoms with Crippen molar-refractivity contribution in [1.29, 1.82) is 0 Å². The summed E-state index contributed by atoms with van der Waals surface area (Å²) >= 11 is 0. The van der Waals surface area contributed by atoms with Gasteiger partial charge in [-0.15, -0.1) is 0 Å². The molecule has 0 saturated carbocycles. The zero-order valence-electron chi connectivity index (χ0n) is 15.6. The number of likely N-dealkylation sites (tertiary alicyclic amines) is 1. The zero-order chi connectivity index (χ0) is 19.0. The summed E-state index contributed by atoms with van der Waals surface area (Å²) in [7, 11) is -3.18. The second-order valence-electron chi connectivity index (χ2n) is 7.62. The molecule has 0 spiro atoms. The van der Waals surface area contributed by atoms with Crippen molar-refractivity contribution in [2.75, 3.05) is 25.9 Å². The summed E-state index contributed by atoms with van der Waals surface area (Å²) in [4.78, 5) is 23.3. The number of hydrogen-bond donors (Lipinski definition) is 1. The molecule has 2 aliphatic rings. The first-order chi connectivity index (χ1) is 12.9. The standard InChI is InChI=1S/C19H26N4O3S/c1-27(25,26)22-12-9-14(10-13-22)19(24)23-11-5-4-8-17(23)18-20-15-6-2-3-7-16(15)21-18/h2-3,6-7,14,17H,4-5,8-13H2,1H3,(H,20,21). The van der Waals surface area contributed by atoms with E-state index >= 15 is 0 Å². The number of rotatable bonds is 3. The van der Waals surface area contributed by atoms with Gasteiger partial charge in [-0.05, 0) is 44.2 Å². The summed E-state index contributed by atoms with van der Waals surface area (Å²) in [6.07, 6.45) is 5.41. The Bertz CT molecular complexity index is 898. The predicted octanol–water partition coefficient (Wildman–Crippen LogP) is 2.29. The molecule has 2 aromatic rings. The van der Waals surface area contributed by atoms with Gasteiger partial charge in [-0.2, -0.15) is 0 Å². The van der Waals surface area contributed by atoms with Crippen molar-refractivity contribution in [3.63, 3.8) is 0 Å². The summed E-state index contributed by atoms with van der Waals surface area (Å²) in [5.41, 5.74) is 1.92. The Morgan fingerprint density at radius 1 is 1.11 bits per heavy atom. The van der Waals surface area contributed by atoms with Crippen LogP contribution in [0.3, 0.4) is 0 Å². The number of nitrogens with zero attached hydrogens (tertiary/aromatic N) is 3. The fourth-order valence-electron chi connectivity index (χ4n) is 4.28. The van der Waals surface area contributed by atoms with E-state index in [1.807, 2.05) is 29.2 Å². The van der Waals surface area contributed by atoms with E-state index in [9.17, 15) is 13.2 Å². The number of imidazole rings is 1. The number of amides is 1. The second-order valence-corrected chi connectivity index (χ2v) is 9.60. The Balaban J connectivity index is 1.51. The van der Waals surface area contributed by atoms with E-state index in [2.05, 4.69) is 4.98 Å². The Morgan fingerprint density at radius 3 is 2.56 bits per heavy atom. The largest absolute Gasteiger partial charge is 0.340 e. The highest BCUT2D eigenvalue weighted by atomic mass is 32.2. The molecule has 1 N–H and O–H groups in total. The van der Waals surface area contributed by atoms with Crippen LogP contribution in [0.4, 0.5) is 0 Å². The first kappa shape index (κ1) is 18.4. The maximum atomic E-state index is 13.2. The average Bonchev–Trinajstić information content (AvgIpc) is 3.11. The Hall–Kier alpha value is -1.93. The summed E-state index contributed by atoms with van der Waals surface area (Å²) in [6.45, 7) is 1.60. The predicted molar refractivity (Wildman–Crippen MR) is 104 cm³/mol. The first-order valence-corrected chi connectivity index (χ1v) is 11.5. The molecule has 4 rings (SSSR count). The molecule has 0 radical (unpaired) electrons. The normalized spacial score (nSPS) is 23.0. The Labute approximate surface area is 159 Å². The van der Waals surface area contributed by atoms with Gasteiger partial charge >= 0.3 is 0 Å². The number of benzene rings is 1. The molecule has 2 fully saturated rings. The molecule has 8 heteroatoms. The summed E-state index contributed by atoms with van der Waals surface area (Å²) in [5, 5.41) is 0. The number of hydrogen-bond acceptors (Lipinski definition) is 4. The lowest BCUT2D eigenvalue weighted by molar-refractivity contribution is -0.141. The third kappa shape index (κ3) is 3.73. The number of sulfonamides is 1. The van der Waals surface area contributed by atoms with E-state index in [-0.39, 0.29) is 17.9 Å². The minimum Gasteiger partial charge on any atom is -0.340 e. The van der Waals surface area contributed by atoms with Crippen LogP contribution >= 0.6 is 0 Å². The van der Waals surface area contributed by atoms with Crippen molar-refractivity contribution < 1.29 is 13.2 Å². The van der Waals surface area contributed by atoms with Crippen molar-refractivity contribution in [3.8, 4) is 0 Å². The topological polar surface area (TPSA) is 86.4 Å². The number of para-hydroxylation sites is 2. The molecule has 1 unspecified atom stereocenters. The summed E-state index contributed by atoms with van der Waals surface area (Å²) in [6, 6.07) is 7.90. The van der Waals surface area contributed by atoms with Gasteiger partial charge in [0.05, 0.1) is 23.3 Å².